The molecule has 0 bridgehead atoms. The maximum absolute atomic E-state index is 15.4. The summed E-state index contributed by atoms with van der Waals surface area (Å²) in [6, 6.07) is -1.96. The Labute approximate surface area is 180 Å². The second kappa shape index (κ2) is 8.06. The van der Waals surface area contributed by atoms with E-state index in [4.69, 9.17) is 22.0 Å². The fraction of sp³-hybridized carbons (Fsp3) is 0.526. The predicted octanol–water partition coefficient (Wildman–Crippen LogP) is -0.397. The molecule has 2 aromatic rings. The Morgan fingerprint density at radius 2 is 2.03 bits per heavy atom. The number of amides is 2. The van der Waals surface area contributed by atoms with Crippen molar-refractivity contribution in [2.45, 2.75) is 37.4 Å². The first-order chi connectivity index (χ1) is 15.2. The fourth-order valence-corrected chi connectivity index (χ4v) is 4.56. The van der Waals surface area contributed by atoms with Crippen molar-refractivity contribution in [2.24, 2.45) is 17.4 Å². The zero-order chi connectivity index (χ0) is 23.3. The third-order valence-corrected chi connectivity index (χ3v) is 6.20. The summed E-state index contributed by atoms with van der Waals surface area (Å²) < 4.78 is 37.6. The number of nitrogens with zero attached hydrogens (tertiary/aromatic N) is 3. The minimum Gasteiger partial charge on any atom is -0.494 e. The van der Waals surface area contributed by atoms with Crippen LogP contribution in [-0.2, 0) is 0 Å². The van der Waals surface area contributed by atoms with E-state index in [9.17, 15) is 18.9 Å². The number of rotatable bonds is 6. The van der Waals surface area contributed by atoms with Crippen molar-refractivity contribution in [1.29, 1.82) is 0 Å². The lowest BCUT2D eigenvalue weighted by molar-refractivity contribution is -0.00456. The standard InChI is InChI=1S/C19H25F2N7O4/c1-32-16-13(14-9(4-5-26(14)21)12(22)7-25-18(23)30)11(20)6-10-15(16)27(8-2-3-8)19(31)28(24)17(10)29/h6,8-9,12,14H,2-5,7,22,24H2,1H3,(H3,23,25,30). The van der Waals surface area contributed by atoms with E-state index in [0.717, 1.165) is 6.07 Å². The number of benzene rings is 1. The summed E-state index contributed by atoms with van der Waals surface area (Å²) in [6.07, 6.45) is 1.63. The van der Waals surface area contributed by atoms with Gasteiger partial charge in [-0.2, -0.15) is 4.68 Å². The van der Waals surface area contributed by atoms with Crippen molar-refractivity contribution < 1.29 is 18.4 Å². The van der Waals surface area contributed by atoms with E-state index < -0.39 is 41.1 Å². The van der Waals surface area contributed by atoms with Crippen LogP contribution in [0.4, 0.5) is 13.7 Å². The first-order valence-electron chi connectivity index (χ1n) is 10.2. The Kier molecular flexibility index (Phi) is 5.54. The highest BCUT2D eigenvalue weighted by Gasteiger charge is 2.43. The Bertz CT molecular complexity index is 1190. The number of carbonyl (C=O) groups excluding carboxylic acids is 1. The maximum Gasteiger partial charge on any atom is 0.350 e. The van der Waals surface area contributed by atoms with Crippen molar-refractivity contribution in [1.82, 2.24) is 19.7 Å². The molecule has 2 fully saturated rings. The Morgan fingerprint density at radius 3 is 2.62 bits per heavy atom. The number of nitrogens with one attached hydrogen (secondary N) is 1. The number of aromatic nitrogens is 2. The Morgan fingerprint density at radius 1 is 1.34 bits per heavy atom. The zero-order valence-electron chi connectivity index (χ0n) is 17.4. The fourth-order valence-electron chi connectivity index (χ4n) is 4.56. The molecular formula is C19H25F2N7O4. The number of halogens is 2. The van der Waals surface area contributed by atoms with Gasteiger partial charge in [-0.25, -0.2) is 14.0 Å². The molecule has 11 nitrogen and oxygen atoms in total. The van der Waals surface area contributed by atoms with Gasteiger partial charge in [-0.15, -0.1) is 9.60 Å². The molecule has 1 saturated carbocycles. The normalized spacial score (nSPS) is 22.2. The minimum atomic E-state index is -1.16. The van der Waals surface area contributed by atoms with Crippen LogP contribution in [0.2, 0.25) is 0 Å². The third kappa shape index (κ3) is 3.46. The lowest BCUT2D eigenvalue weighted by Gasteiger charge is -2.29. The van der Waals surface area contributed by atoms with Crippen LogP contribution in [0.15, 0.2) is 15.7 Å². The van der Waals surface area contributed by atoms with Gasteiger partial charge in [-0.05, 0) is 31.2 Å². The van der Waals surface area contributed by atoms with Gasteiger partial charge in [0.2, 0.25) is 0 Å². The van der Waals surface area contributed by atoms with E-state index in [-0.39, 0.29) is 47.8 Å². The summed E-state index contributed by atoms with van der Waals surface area (Å²) in [5.41, 5.74) is 9.55. The second-order valence-corrected chi connectivity index (χ2v) is 8.19. The summed E-state index contributed by atoms with van der Waals surface area (Å²) >= 11 is 0. The number of carbonyl (C=O) groups is 1. The van der Waals surface area contributed by atoms with Gasteiger partial charge in [0.05, 0.1) is 24.1 Å². The molecule has 174 valence electrons. The van der Waals surface area contributed by atoms with Crippen LogP contribution in [0.25, 0.3) is 10.9 Å². The van der Waals surface area contributed by atoms with Crippen molar-refractivity contribution in [3.8, 4) is 5.75 Å². The summed E-state index contributed by atoms with van der Waals surface area (Å²) in [6.45, 7) is -0.0629. The highest BCUT2D eigenvalue weighted by molar-refractivity contribution is 5.86. The average Bonchev–Trinajstić information content (AvgIpc) is 3.52. The van der Waals surface area contributed by atoms with E-state index >= 15 is 4.39 Å². The molecule has 0 radical (unpaired) electrons. The van der Waals surface area contributed by atoms with E-state index in [1.54, 1.807) is 0 Å². The van der Waals surface area contributed by atoms with Crippen molar-refractivity contribution in [3.05, 3.63) is 38.3 Å². The van der Waals surface area contributed by atoms with Gasteiger partial charge in [0, 0.05) is 25.2 Å². The quantitative estimate of drug-likeness (QED) is 0.341. The van der Waals surface area contributed by atoms with E-state index in [2.05, 4.69) is 5.32 Å². The minimum absolute atomic E-state index is 0.0277. The van der Waals surface area contributed by atoms with Crippen LogP contribution in [0, 0.1) is 11.7 Å². The van der Waals surface area contributed by atoms with Crippen molar-refractivity contribution >= 4 is 16.9 Å². The number of urea groups is 1. The third-order valence-electron chi connectivity index (χ3n) is 6.20. The number of ether oxygens (including phenoxy) is 1. The summed E-state index contributed by atoms with van der Waals surface area (Å²) in [5.74, 6) is 4.03. The molecule has 1 aliphatic heterocycles. The van der Waals surface area contributed by atoms with Crippen LogP contribution < -0.4 is 38.6 Å². The monoisotopic (exact) mass is 453 g/mol. The smallest absolute Gasteiger partial charge is 0.350 e. The number of nitrogens with two attached hydrogens (primary N) is 3. The number of hydrogen-bond acceptors (Lipinski definition) is 7. The first-order valence-corrected chi connectivity index (χ1v) is 10.2. The maximum atomic E-state index is 15.4. The van der Waals surface area contributed by atoms with E-state index in [0.29, 0.717) is 22.6 Å². The summed E-state index contributed by atoms with van der Waals surface area (Å²) in [4.78, 5) is 36.4. The molecule has 1 saturated heterocycles. The van der Waals surface area contributed by atoms with Crippen LogP contribution >= 0.6 is 0 Å². The van der Waals surface area contributed by atoms with Gasteiger partial charge in [0.25, 0.3) is 5.56 Å². The van der Waals surface area contributed by atoms with Crippen LogP contribution in [0.1, 0.15) is 36.9 Å². The van der Waals surface area contributed by atoms with Gasteiger partial charge >= 0.3 is 11.7 Å². The molecule has 13 heteroatoms. The molecule has 1 aliphatic carbocycles. The lowest BCUT2D eigenvalue weighted by Crippen LogP contribution is -2.45. The topological polar surface area (TPSA) is 164 Å². The average molecular weight is 453 g/mol. The molecule has 2 aliphatic rings. The number of methoxy groups -OCH3 is 1. The number of primary amides is 1. The number of hydrogen-bond donors (Lipinski definition) is 4. The molecule has 2 heterocycles. The SMILES string of the molecule is COc1c(C2C(C(N)CNC(N)=O)CCN2F)c(F)cc2c(=O)n(N)c(=O)n(C3CC3)c12. The molecule has 7 N–H and O–H groups in total. The van der Waals surface area contributed by atoms with Gasteiger partial charge < -0.3 is 27.4 Å². The molecule has 0 spiro atoms. The summed E-state index contributed by atoms with van der Waals surface area (Å²) in [5, 5.41) is 2.69. The summed E-state index contributed by atoms with van der Waals surface area (Å²) in [7, 11) is 1.26. The second-order valence-electron chi connectivity index (χ2n) is 8.19. The molecule has 4 rings (SSSR count). The molecule has 1 aromatic carbocycles. The molecule has 3 atom stereocenters. The highest BCUT2D eigenvalue weighted by atomic mass is 19.2. The van der Waals surface area contributed by atoms with Crippen LogP contribution in [-0.4, -0.2) is 46.6 Å². The molecule has 32 heavy (non-hydrogen) atoms. The van der Waals surface area contributed by atoms with E-state index in [1.807, 2.05) is 0 Å². The lowest BCUT2D eigenvalue weighted by atomic mass is 9.86. The van der Waals surface area contributed by atoms with Crippen LogP contribution in [0.3, 0.4) is 0 Å². The van der Waals surface area contributed by atoms with Crippen molar-refractivity contribution in [2.75, 3.05) is 26.0 Å². The van der Waals surface area contributed by atoms with Gasteiger partial charge in [-0.3, -0.25) is 9.36 Å². The molecule has 3 unspecified atom stereocenters. The van der Waals surface area contributed by atoms with Crippen molar-refractivity contribution in [3.63, 3.8) is 0 Å². The van der Waals surface area contributed by atoms with Gasteiger partial charge in [-0.1, -0.05) is 0 Å². The van der Waals surface area contributed by atoms with Gasteiger partial charge in [0.15, 0.2) is 5.75 Å². The van der Waals surface area contributed by atoms with E-state index in [1.165, 1.54) is 11.7 Å². The molecule has 2 amide bonds. The molecule has 1 aromatic heterocycles. The largest absolute Gasteiger partial charge is 0.494 e. The predicted molar refractivity (Wildman–Crippen MR) is 112 cm³/mol. The molecular weight excluding hydrogens is 428 g/mol. The number of nitrogen functional groups attached to an aromatic ring is 1. The Hall–Kier alpha value is -3.19. The Balaban J connectivity index is 1.94. The zero-order valence-corrected chi connectivity index (χ0v) is 17.4. The van der Waals surface area contributed by atoms with Gasteiger partial charge in [0.1, 0.15) is 11.3 Å². The number of fused-ring (bicyclic) bond motifs is 1. The highest BCUT2D eigenvalue weighted by Crippen LogP contribution is 2.47. The first kappa shape index (κ1) is 22.0. The van der Waals surface area contributed by atoms with Crippen LogP contribution in [0.5, 0.6) is 5.75 Å².